The fourth-order valence-corrected chi connectivity index (χ4v) is 8.48. The van der Waals surface area contributed by atoms with Crippen LogP contribution in [0.4, 0.5) is 0 Å². The first-order chi connectivity index (χ1) is 20.4. The van der Waals surface area contributed by atoms with Crippen molar-refractivity contribution < 1.29 is 0 Å². The quantitative estimate of drug-likeness (QED) is 0.0522. The number of aryl methyl sites for hydroxylation is 2. The Kier molecular flexibility index (Phi) is 31.3. The fraction of sp³-hybridized carbons (Fsp3) is 0.900. The molecule has 0 aliphatic carbocycles. The van der Waals surface area contributed by atoms with Gasteiger partial charge in [-0.15, -0.1) is 0 Å². The van der Waals surface area contributed by atoms with Crippen molar-refractivity contribution in [2.75, 3.05) is 0 Å². The van der Waals surface area contributed by atoms with Crippen LogP contribution in [0.2, 0.25) is 0 Å². The molecule has 242 valence electrons. The molecule has 0 N–H and O–H groups in total. The summed E-state index contributed by atoms with van der Waals surface area (Å²) < 4.78 is 0. The second-order valence-electron chi connectivity index (χ2n) is 13.5. The van der Waals surface area contributed by atoms with E-state index in [1.807, 2.05) is 0 Å². The summed E-state index contributed by atoms with van der Waals surface area (Å²) in [5.41, 5.74) is 3.49. The van der Waals surface area contributed by atoms with Gasteiger partial charge in [0.15, 0.2) is 0 Å². The molecule has 1 heteroatoms. The van der Waals surface area contributed by atoms with Gasteiger partial charge in [-0.3, -0.25) is 0 Å². The molecule has 0 saturated heterocycles. The van der Waals surface area contributed by atoms with Gasteiger partial charge in [-0.1, -0.05) is 104 Å². The Labute approximate surface area is 266 Å². The van der Waals surface area contributed by atoms with Gasteiger partial charge in [-0.2, -0.15) is 0 Å². The first kappa shape index (κ1) is 39.0. The second-order valence-corrected chi connectivity index (χ2v) is 15.1. The SMILES string of the molecule is CCCCCCCCCCCCCCCCCCc1c[se]cc1CCCCCCCCCCCCCCCCCC. The first-order valence-electron chi connectivity index (χ1n) is 19.4. The fourth-order valence-electron chi connectivity index (χ4n) is 6.52. The molecule has 0 aromatic carbocycles. The minimum Gasteiger partial charge on any atom is -0.0654 e. The van der Waals surface area contributed by atoms with E-state index in [0.29, 0.717) is 14.5 Å². The van der Waals surface area contributed by atoms with E-state index < -0.39 is 0 Å². The molecule has 0 aliphatic heterocycles. The zero-order valence-electron chi connectivity index (χ0n) is 28.6. The monoisotopic (exact) mass is 637 g/mol. The topological polar surface area (TPSA) is 0 Å². The third-order valence-corrected chi connectivity index (χ3v) is 11.2. The average Bonchev–Trinajstić information content (AvgIpc) is 3.43. The molecule has 1 aromatic heterocycles. The number of unbranched alkanes of at least 4 members (excludes halogenated alkanes) is 30. The molecule has 0 saturated carbocycles. The number of rotatable bonds is 34. The van der Waals surface area contributed by atoms with Crippen molar-refractivity contribution in [2.24, 2.45) is 0 Å². The summed E-state index contributed by atoms with van der Waals surface area (Å²) in [6, 6.07) is 0. The van der Waals surface area contributed by atoms with E-state index in [2.05, 4.69) is 23.7 Å². The van der Waals surface area contributed by atoms with Crippen molar-refractivity contribution in [2.45, 2.75) is 232 Å². The van der Waals surface area contributed by atoms with Crippen LogP contribution in [0.15, 0.2) is 9.88 Å². The van der Waals surface area contributed by atoms with Gasteiger partial charge in [0.2, 0.25) is 0 Å². The molecule has 0 amide bonds. The summed E-state index contributed by atoms with van der Waals surface area (Å²) in [6.45, 7) is 4.62. The van der Waals surface area contributed by atoms with E-state index in [9.17, 15) is 0 Å². The van der Waals surface area contributed by atoms with Crippen LogP contribution < -0.4 is 0 Å². The molecule has 1 heterocycles. The molecule has 0 unspecified atom stereocenters. The smallest absolute Gasteiger partial charge is 0.0654 e. The Hall–Kier alpha value is -0.000519. The van der Waals surface area contributed by atoms with E-state index in [4.69, 9.17) is 0 Å². The van der Waals surface area contributed by atoms with E-state index >= 15 is 0 Å². The van der Waals surface area contributed by atoms with Crippen LogP contribution in [0.3, 0.4) is 0 Å². The van der Waals surface area contributed by atoms with Crippen LogP contribution in [0.25, 0.3) is 0 Å². The van der Waals surface area contributed by atoms with Crippen molar-refractivity contribution >= 4 is 14.5 Å². The third-order valence-electron chi connectivity index (χ3n) is 9.43. The molecular weight excluding hydrogens is 559 g/mol. The standard InChI is InChI=1S/C40H76Se/c1-3-5-7-9-11-13-15-17-19-21-23-25-27-29-31-33-35-39-37-41-38-40(39)36-34-32-30-28-26-24-22-20-18-16-14-12-10-8-6-4-2/h37-38H,3-36H2,1-2H3. The van der Waals surface area contributed by atoms with Crippen LogP contribution in [0, 0.1) is 0 Å². The molecule has 0 atom stereocenters. The zero-order valence-corrected chi connectivity index (χ0v) is 30.3. The van der Waals surface area contributed by atoms with Crippen LogP contribution in [0.1, 0.15) is 230 Å². The number of hydrogen-bond acceptors (Lipinski definition) is 0. The third kappa shape index (κ3) is 27.3. The first-order valence-corrected chi connectivity index (χ1v) is 21.4. The van der Waals surface area contributed by atoms with Gasteiger partial charge >= 0.3 is 164 Å². The van der Waals surface area contributed by atoms with Crippen LogP contribution in [0.5, 0.6) is 0 Å². The Bertz CT molecular complexity index is 551. The summed E-state index contributed by atoms with van der Waals surface area (Å²) in [5.74, 6) is 0. The average molecular weight is 636 g/mol. The van der Waals surface area contributed by atoms with Crippen molar-refractivity contribution in [1.29, 1.82) is 0 Å². The summed E-state index contributed by atoms with van der Waals surface area (Å²) >= 11 is 0.661. The molecule has 0 radical (unpaired) electrons. The molecule has 0 spiro atoms. The minimum absolute atomic E-state index is 0.661. The summed E-state index contributed by atoms with van der Waals surface area (Å²) in [6.07, 6.45) is 49.6. The van der Waals surface area contributed by atoms with Crippen molar-refractivity contribution in [3.8, 4) is 0 Å². The second kappa shape index (κ2) is 32.9. The Morgan fingerprint density at radius 1 is 0.293 bits per heavy atom. The Morgan fingerprint density at radius 2 is 0.488 bits per heavy atom. The maximum atomic E-state index is 2.60. The van der Waals surface area contributed by atoms with Crippen LogP contribution in [-0.2, 0) is 12.8 Å². The zero-order chi connectivity index (χ0) is 29.3. The van der Waals surface area contributed by atoms with Gasteiger partial charge in [-0.25, -0.2) is 0 Å². The van der Waals surface area contributed by atoms with Gasteiger partial charge in [0.25, 0.3) is 0 Å². The van der Waals surface area contributed by atoms with Crippen molar-refractivity contribution in [3.63, 3.8) is 0 Å². The summed E-state index contributed by atoms with van der Waals surface area (Å²) in [4.78, 5) is 5.19. The molecule has 0 fully saturated rings. The molecule has 0 aliphatic rings. The predicted octanol–water partition coefficient (Wildman–Crippen LogP) is 14.4. The number of hydrogen-bond donors (Lipinski definition) is 0. The maximum absolute atomic E-state index is 2.60. The van der Waals surface area contributed by atoms with Crippen LogP contribution in [-0.4, -0.2) is 14.5 Å². The van der Waals surface area contributed by atoms with Crippen LogP contribution >= 0.6 is 0 Å². The molecular formula is C40H76Se. The summed E-state index contributed by atoms with van der Waals surface area (Å²) in [7, 11) is 0. The van der Waals surface area contributed by atoms with E-state index in [1.165, 1.54) is 218 Å². The molecule has 0 bridgehead atoms. The predicted molar refractivity (Wildman–Crippen MR) is 190 cm³/mol. The minimum atomic E-state index is 0.661. The van der Waals surface area contributed by atoms with Crippen molar-refractivity contribution in [1.82, 2.24) is 0 Å². The molecule has 41 heavy (non-hydrogen) atoms. The Balaban J connectivity index is 1.82. The van der Waals surface area contributed by atoms with Gasteiger partial charge < -0.3 is 0 Å². The van der Waals surface area contributed by atoms with E-state index in [1.54, 1.807) is 11.1 Å². The van der Waals surface area contributed by atoms with Gasteiger partial charge in [0.1, 0.15) is 0 Å². The van der Waals surface area contributed by atoms with Gasteiger partial charge in [0.05, 0.1) is 0 Å². The Morgan fingerprint density at radius 3 is 0.707 bits per heavy atom. The van der Waals surface area contributed by atoms with Gasteiger partial charge in [-0.05, 0) is 0 Å². The molecule has 0 nitrogen and oxygen atoms in total. The normalized spacial score (nSPS) is 11.6. The van der Waals surface area contributed by atoms with E-state index in [-0.39, 0.29) is 0 Å². The molecule has 1 rings (SSSR count). The van der Waals surface area contributed by atoms with Gasteiger partial charge in [0, 0.05) is 0 Å². The molecule has 1 aromatic rings. The van der Waals surface area contributed by atoms with Crippen molar-refractivity contribution in [3.05, 3.63) is 21.0 Å². The summed E-state index contributed by atoms with van der Waals surface area (Å²) in [5, 5.41) is 0. The van der Waals surface area contributed by atoms with E-state index in [0.717, 1.165) is 0 Å².